The summed E-state index contributed by atoms with van der Waals surface area (Å²) in [6, 6.07) is 0. The highest BCUT2D eigenvalue weighted by atomic mass is 16.4. The van der Waals surface area contributed by atoms with Crippen LogP contribution in [0.5, 0.6) is 0 Å². The molecule has 4 heteroatoms. The lowest BCUT2D eigenvalue weighted by molar-refractivity contribution is -0.137. The van der Waals surface area contributed by atoms with Crippen molar-refractivity contribution in [1.29, 1.82) is 0 Å². The number of unbranched alkanes of at least 4 members (excludes halogenated alkanes) is 2. The van der Waals surface area contributed by atoms with Gasteiger partial charge >= 0.3 is 5.97 Å². The molecule has 162 valence electrons. The molecule has 0 saturated heterocycles. The van der Waals surface area contributed by atoms with Crippen LogP contribution in [0, 0.1) is 23.2 Å². The Kier molecular flexibility index (Phi) is 10.5. The molecule has 1 rings (SSSR count). The van der Waals surface area contributed by atoms with Gasteiger partial charge in [-0.25, -0.2) is 0 Å². The van der Waals surface area contributed by atoms with E-state index in [-0.39, 0.29) is 29.8 Å². The Labute approximate surface area is 171 Å². The zero-order chi connectivity index (χ0) is 21.3. The molecule has 0 aliphatic heterocycles. The average Bonchev–Trinajstić information content (AvgIpc) is 2.89. The standard InChI is InChI=1S/C24H42O4/c1-6-7-14-24(4,5)21(26)16-18(3)23-17(2)15-20(25)19(23)12-10-8-9-11-13-22(27)28/h8,10,16-17,19-21,23,25-26H,6-7,9,11-15H2,1-5H3,(H,27,28). The number of aliphatic hydroxyl groups excluding tert-OH is 2. The Hall–Kier alpha value is -1.13. The van der Waals surface area contributed by atoms with Gasteiger partial charge < -0.3 is 15.3 Å². The SMILES string of the molecule is CCCCC(C)(C)C(O)C=C(C)C1C(C)CC(O)C1CC=CCCCC(=O)O. The van der Waals surface area contributed by atoms with E-state index in [1.54, 1.807) is 0 Å². The molecule has 4 nitrogen and oxygen atoms in total. The molecule has 1 fully saturated rings. The van der Waals surface area contributed by atoms with Crippen molar-refractivity contribution in [2.45, 2.75) is 98.2 Å². The number of hydrogen-bond acceptors (Lipinski definition) is 3. The summed E-state index contributed by atoms with van der Waals surface area (Å²) in [5.41, 5.74) is 1.04. The fourth-order valence-corrected chi connectivity index (χ4v) is 4.56. The number of carbonyl (C=O) groups is 1. The van der Waals surface area contributed by atoms with E-state index < -0.39 is 12.1 Å². The van der Waals surface area contributed by atoms with Gasteiger partial charge in [0.15, 0.2) is 0 Å². The van der Waals surface area contributed by atoms with Crippen LogP contribution < -0.4 is 0 Å². The maximum Gasteiger partial charge on any atom is 0.303 e. The molecule has 0 aromatic heterocycles. The van der Waals surface area contributed by atoms with E-state index >= 15 is 0 Å². The summed E-state index contributed by atoms with van der Waals surface area (Å²) in [7, 11) is 0. The third kappa shape index (κ3) is 7.71. The van der Waals surface area contributed by atoms with Gasteiger partial charge in [-0.05, 0) is 62.2 Å². The number of aliphatic carboxylic acids is 1. The maximum atomic E-state index is 10.8. The number of allylic oxidation sites excluding steroid dienone is 3. The molecule has 1 aliphatic rings. The van der Waals surface area contributed by atoms with Crippen molar-refractivity contribution in [3.63, 3.8) is 0 Å². The van der Waals surface area contributed by atoms with Crippen LogP contribution in [0.1, 0.15) is 86.0 Å². The molecule has 5 atom stereocenters. The summed E-state index contributed by atoms with van der Waals surface area (Å²) in [6.07, 6.45) is 11.8. The summed E-state index contributed by atoms with van der Waals surface area (Å²) < 4.78 is 0. The topological polar surface area (TPSA) is 77.8 Å². The zero-order valence-electron chi connectivity index (χ0n) is 18.5. The lowest BCUT2D eigenvalue weighted by atomic mass is 9.77. The zero-order valence-corrected chi connectivity index (χ0v) is 18.5. The highest BCUT2D eigenvalue weighted by Crippen LogP contribution is 2.44. The summed E-state index contributed by atoms with van der Waals surface area (Å²) in [5, 5.41) is 30.0. The van der Waals surface area contributed by atoms with E-state index in [9.17, 15) is 15.0 Å². The van der Waals surface area contributed by atoms with Gasteiger partial charge in [0.2, 0.25) is 0 Å². The normalized spacial score (nSPS) is 27.5. The molecular weight excluding hydrogens is 352 g/mol. The minimum absolute atomic E-state index is 0.142. The third-order valence-electron chi connectivity index (χ3n) is 6.44. The molecule has 0 amide bonds. The largest absolute Gasteiger partial charge is 0.481 e. The van der Waals surface area contributed by atoms with Crippen molar-refractivity contribution >= 4 is 5.97 Å². The Balaban J connectivity index is 2.75. The third-order valence-corrected chi connectivity index (χ3v) is 6.44. The van der Waals surface area contributed by atoms with Crippen molar-refractivity contribution in [2.24, 2.45) is 23.2 Å². The monoisotopic (exact) mass is 394 g/mol. The van der Waals surface area contributed by atoms with Crippen LogP contribution in [0.15, 0.2) is 23.8 Å². The number of hydrogen-bond donors (Lipinski definition) is 3. The molecule has 1 saturated carbocycles. The van der Waals surface area contributed by atoms with Crippen LogP contribution >= 0.6 is 0 Å². The number of carboxylic acid groups (broad SMARTS) is 1. The number of carboxylic acids is 1. The van der Waals surface area contributed by atoms with Crippen LogP contribution in [-0.4, -0.2) is 33.5 Å². The van der Waals surface area contributed by atoms with Crippen molar-refractivity contribution in [3.8, 4) is 0 Å². The lowest BCUT2D eigenvalue weighted by Crippen LogP contribution is -2.29. The van der Waals surface area contributed by atoms with E-state index in [0.29, 0.717) is 12.3 Å². The van der Waals surface area contributed by atoms with Crippen molar-refractivity contribution in [2.75, 3.05) is 0 Å². The summed E-state index contributed by atoms with van der Waals surface area (Å²) in [4.78, 5) is 10.6. The highest BCUT2D eigenvalue weighted by molar-refractivity contribution is 5.66. The lowest BCUT2D eigenvalue weighted by Gasteiger charge is -2.31. The number of aliphatic hydroxyl groups is 2. The fraction of sp³-hybridized carbons (Fsp3) is 0.792. The first kappa shape index (κ1) is 24.9. The molecule has 0 aromatic rings. The Morgan fingerprint density at radius 1 is 1.25 bits per heavy atom. The van der Waals surface area contributed by atoms with Gasteiger partial charge in [0.05, 0.1) is 12.2 Å². The summed E-state index contributed by atoms with van der Waals surface area (Å²) >= 11 is 0. The second-order valence-electron chi connectivity index (χ2n) is 9.41. The number of rotatable bonds is 12. The second-order valence-corrected chi connectivity index (χ2v) is 9.41. The Morgan fingerprint density at radius 3 is 2.54 bits per heavy atom. The van der Waals surface area contributed by atoms with Crippen molar-refractivity contribution < 1.29 is 20.1 Å². The van der Waals surface area contributed by atoms with Gasteiger partial charge in [-0.2, -0.15) is 0 Å². The van der Waals surface area contributed by atoms with E-state index in [0.717, 1.165) is 38.5 Å². The van der Waals surface area contributed by atoms with Gasteiger partial charge in [-0.15, -0.1) is 0 Å². The molecule has 28 heavy (non-hydrogen) atoms. The van der Waals surface area contributed by atoms with E-state index in [1.165, 1.54) is 5.57 Å². The van der Waals surface area contributed by atoms with Crippen molar-refractivity contribution in [1.82, 2.24) is 0 Å². The summed E-state index contributed by atoms with van der Waals surface area (Å²) in [6.45, 7) is 10.7. The van der Waals surface area contributed by atoms with Crippen LogP contribution in [-0.2, 0) is 4.79 Å². The molecule has 0 heterocycles. The molecule has 3 N–H and O–H groups in total. The second kappa shape index (κ2) is 11.8. The first-order valence-electron chi connectivity index (χ1n) is 11.0. The first-order valence-corrected chi connectivity index (χ1v) is 11.0. The fourth-order valence-electron chi connectivity index (χ4n) is 4.56. The molecule has 1 aliphatic carbocycles. The van der Waals surface area contributed by atoms with Gasteiger partial charge in [0.1, 0.15) is 0 Å². The Bertz CT molecular complexity index is 535. The quantitative estimate of drug-likeness (QED) is 0.308. The predicted molar refractivity (Wildman–Crippen MR) is 115 cm³/mol. The summed E-state index contributed by atoms with van der Waals surface area (Å²) in [5.74, 6) is 0.0699. The van der Waals surface area contributed by atoms with Crippen LogP contribution in [0.4, 0.5) is 0 Å². The molecule has 0 bridgehead atoms. The molecule has 5 unspecified atom stereocenters. The van der Waals surface area contributed by atoms with Gasteiger partial charge in [0, 0.05) is 6.42 Å². The van der Waals surface area contributed by atoms with Gasteiger partial charge in [-0.1, -0.05) is 64.3 Å². The molecule has 0 spiro atoms. The molecule has 0 aromatic carbocycles. The van der Waals surface area contributed by atoms with Gasteiger partial charge in [0.25, 0.3) is 0 Å². The van der Waals surface area contributed by atoms with E-state index in [1.807, 2.05) is 12.2 Å². The van der Waals surface area contributed by atoms with Gasteiger partial charge in [-0.3, -0.25) is 4.79 Å². The minimum Gasteiger partial charge on any atom is -0.481 e. The highest BCUT2D eigenvalue weighted by Gasteiger charge is 2.40. The first-order chi connectivity index (χ1) is 13.1. The van der Waals surface area contributed by atoms with E-state index in [2.05, 4.69) is 40.7 Å². The smallest absolute Gasteiger partial charge is 0.303 e. The maximum absolute atomic E-state index is 10.8. The van der Waals surface area contributed by atoms with Crippen molar-refractivity contribution in [3.05, 3.63) is 23.8 Å². The molecular formula is C24H42O4. The Morgan fingerprint density at radius 2 is 1.93 bits per heavy atom. The van der Waals surface area contributed by atoms with Crippen LogP contribution in [0.2, 0.25) is 0 Å². The minimum atomic E-state index is -0.755. The van der Waals surface area contributed by atoms with Crippen LogP contribution in [0.25, 0.3) is 0 Å². The van der Waals surface area contributed by atoms with E-state index in [4.69, 9.17) is 5.11 Å². The average molecular weight is 395 g/mol. The predicted octanol–water partition coefficient (Wildman–Crippen LogP) is 5.34. The molecule has 0 radical (unpaired) electrons. The van der Waals surface area contributed by atoms with Crippen LogP contribution in [0.3, 0.4) is 0 Å².